The van der Waals surface area contributed by atoms with Crippen LogP contribution in [0.5, 0.6) is 0 Å². The summed E-state index contributed by atoms with van der Waals surface area (Å²) in [6.07, 6.45) is 8.31. The Kier molecular flexibility index (Phi) is 4.89. The van der Waals surface area contributed by atoms with Crippen LogP contribution >= 0.6 is 11.3 Å². The number of aryl methyl sites for hydroxylation is 2. The number of hydrogen-bond acceptors (Lipinski definition) is 5. The van der Waals surface area contributed by atoms with Crippen molar-refractivity contribution in [1.29, 1.82) is 5.26 Å². The Morgan fingerprint density at radius 1 is 1.48 bits per heavy atom. The number of nitrogens with one attached hydrogen (secondary N) is 1. The molecule has 2 aromatic heterocycles. The zero-order chi connectivity index (χ0) is 16.1. The molecular formula is C17H17N3O2S. The first-order chi connectivity index (χ1) is 11.3. The third kappa shape index (κ3) is 3.88. The first-order valence-electron chi connectivity index (χ1n) is 7.67. The van der Waals surface area contributed by atoms with Crippen LogP contribution in [0.15, 0.2) is 28.4 Å². The highest BCUT2D eigenvalue weighted by molar-refractivity contribution is 7.11. The normalized spacial score (nSPS) is 14.1. The minimum atomic E-state index is -0.384. The van der Waals surface area contributed by atoms with Crippen LogP contribution in [0.25, 0.3) is 6.08 Å². The number of carbonyl (C=O) groups is 1. The Hall–Kier alpha value is -2.39. The van der Waals surface area contributed by atoms with E-state index in [9.17, 15) is 4.79 Å². The van der Waals surface area contributed by atoms with E-state index in [2.05, 4.69) is 10.3 Å². The van der Waals surface area contributed by atoms with Gasteiger partial charge in [-0.25, -0.2) is 4.98 Å². The Morgan fingerprint density at radius 3 is 3.09 bits per heavy atom. The van der Waals surface area contributed by atoms with E-state index in [1.54, 1.807) is 23.5 Å². The molecular weight excluding hydrogens is 310 g/mol. The average Bonchev–Trinajstić information content (AvgIpc) is 3.21. The second-order valence-corrected chi connectivity index (χ2v) is 6.54. The maximum Gasteiger partial charge on any atom is 0.262 e. The van der Waals surface area contributed by atoms with Crippen molar-refractivity contribution in [3.05, 3.63) is 45.3 Å². The van der Waals surface area contributed by atoms with E-state index in [0.29, 0.717) is 18.7 Å². The van der Waals surface area contributed by atoms with Crippen molar-refractivity contribution in [3.8, 4) is 6.07 Å². The molecule has 1 aliphatic rings. The predicted octanol–water partition coefficient (Wildman–Crippen LogP) is 2.88. The molecule has 0 spiro atoms. The van der Waals surface area contributed by atoms with Crippen LogP contribution in [-0.4, -0.2) is 17.4 Å². The Balaban J connectivity index is 1.54. The van der Waals surface area contributed by atoms with E-state index >= 15 is 0 Å². The minimum Gasteiger partial charge on any atom is -0.465 e. The molecule has 0 unspecified atom stereocenters. The third-order valence-corrected chi connectivity index (χ3v) is 4.93. The third-order valence-electron chi connectivity index (χ3n) is 3.71. The van der Waals surface area contributed by atoms with Crippen molar-refractivity contribution in [2.45, 2.75) is 32.1 Å². The highest BCUT2D eigenvalue weighted by atomic mass is 32.1. The van der Waals surface area contributed by atoms with Gasteiger partial charge in [0.15, 0.2) is 0 Å². The van der Waals surface area contributed by atoms with Crippen molar-refractivity contribution in [3.63, 3.8) is 0 Å². The molecule has 2 aromatic rings. The van der Waals surface area contributed by atoms with Crippen LogP contribution in [0.1, 0.15) is 34.2 Å². The van der Waals surface area contributed by atoms with E-state index in [4.69, 9.17) is 9.68 Å². The van der Waals surface area contributed by atoms with E-state index in [-0.39, 0.29) is 11.5 Å². The quantitative estimate of drug-likeness (QED) is 0.676. The summed E-state index contributed by atoms with van der Waals surface area (Å²) >= 11 is 1.75. The molecule has 0 atom stereocenters. The molecule has 1 aliphatic carbocycles. The zero-order valence-electron chi connectivity index (χ0n) is 12.7. The number of rotatable bonds is 5. The molecule has 1 amide bonds. The van der Waals surface area contributed by atoms with Crippen molar-refractivity contribution < 1.29 is 9.21 Å². The van der Waals surface area contributed by atoms with E-state index in [0.717, 1.165) is 17.8 Å². The molecule has 0 fully saturated rings. The molecule has 0 saturated carbocycles. The molecule has 0 radical (unpaired) electrons. The summed E-state index contributed by atoms with van der Waals surface area (Å²) in [6.45, 7) is 0.475. The molecule has 6 heteroatoms. The van der Waals surface area contributed by atoms with Gasteiger partial charge in [-0.05, 0) is 37.8 Å². The lowest BCUT2D eigenvalue weighted by Crippen LogP contribution is -2.26. The van der Waals surface area contributed by atoms with Crippen molar-refractivity contribution >= 4 is 23.3 Å². The summed E-state index contributed by atoms with van der Waals surface area (Å²) in [5.41, 5.74) is 1.27. The summed E-state index contributed by atoms with van der Waals surface area (Å²) in [5.74, 6) is 0.106. The maximum absolute atomic E-state index is 12.0. The number of amides is 1. The van der Waals surface area contributed by atoms with Gasteiger partial charge in [0, 0.05) is 23.9 Å². The number of carbonyl (C=O) groups excluding carboxylic acids is 1. The number of nitriles is 1. The van der Waals surface area contributed by atoms with Gasteiger partial charge in [-0.3, -0.25) is 4.79 Å². The molecule has 0 aliphatic heterocycles. The highest BCUT2D eigenvalue weighted by Gasteiger charge is 2.15. The number of fused-ring (bicyclic) bond motifs is 1. The number of hydrogen-bond donors (Lipinski definition) is 1. The fourth-order valence-electron chi connectivity index (χ4n) is 2.55. The molecule has 3 rings (SSSR count). The van der Waals surface area contributed by atoms with Gasteiger partial charge < -0.3 is 9.73 Å². The monoisotopic (exact) mass is 327 g/mol. The molecule has 23 heavy (non-hydrogen) atoms. The van der Waals surface area contributed by atoms with Crippen molar-refractivity contribution in [2.75, 3.05) is 6.54 Å². The smallest absolute Gasteiger partial charge is 0.262 e. The van der Waals surface area contributed by atoms with Gasteiger partial charge in [-0.1, -0.05) is 0 Å². The number of furan rings is 1. The molecule has 5 nitrogen and oxygen atoms in total. The van der Waals surface area contributed by atoms with Gasteiger partial charge in [0.1, 0.15) is 17.4 Å². The van der Waals surface area contributed by atoms with Gasteiger partial charge in [0.2, 0.25) is 0 Å². The molecule has 118 valence electrons. The Morgan fingerprint density at radius 2 is 2.35 bits per heavy atom. The largest absolute Gasteiger partial charge is 0.465 e. The van der Waals surface area contributed by atoms with Gasteiger partial charge in [-0.15, -0.1) is 11.3 Å². The zero-order valence-corrected chi connectivity index (χ0v) is 13.5. The summed E-state index contributed by atoms with van der Waals surface area (Å²) in [4.78, 5) is 18.1. The summed E-state index contributed by atoms with van der Waals surface area (Å²) in [6, 6.07) is 5.31. The van der Waals surface area contributed by atoms with E-state index < -0.39 is 0 Å². The lowest BCUT2D eigenvalue weighted by molar-refractivity contribution is -0.117. The Labute approximate surface area is 138 Å². The first kappa shape index (κ1) is 15.5. The fourth-order valence-corrected chi connectivity index (χ4v) is 3.71. The summed E-state index contributed by atoms with van der Waals surface area (Å²) in [5, 5.41) is 12.9. The van der Waals surface area contributed by atoms with Crippen LogP contribution in [0, 0.1) is 11.3 Å². The van der Waals surface area contributed by atoms with Crippen LogP contribution in [0.2, 0.25) is 0 Å². The first-order valence-corrected chi connectivity index (χ1v) is 8.49. The molecule has 0 aromatic carbocycles. The summed E-state index contributed by atoms with van der Waals surface area (Å²) in [7, 11) is 0. The van der Waals surface area contributed by atoms with Crippen LogP contribution in [-0.2, 0) is 24.1 Å². The molecule has 1 N–H and O–H groups in total. The summed E-state index contributed by atoms with van der Waals surface area (Å²) < 4.78 is 5.12. The SMILES string of the molecule is N#C/C(=C\c1ccco1)C(=O)NCCc1nc2c(s1)CCCC2. The molecule has 2 heterocycles. The lowest BCUT2D eigenvalue weighted by Gasteiger charge is -2.06. The second kappa shape index (κ2) is 7.25. The van der Waals surface area contributed by atoms with Crippen LogP contribution in [0.4, 0.5) is 0 Å². The maximum atomic E-state index is 12.0. The highest BCUT2D eigenvalue weighted by Crippen LogP contribution is 2.26. The van der Waals surface area contributed by atoms with Gasteiger partial charge in [0.05, 0.1) is 17.0 Å². The number of thiazole rings is 1. The lowest BCUT2D eigenvalue weighted by atomic mass is 10.0. The van der Waals surface area contributed by atoms with Gasteiger partial charge >= 0.3 is 0 Å². The minimum absolute atomic E-state index is 0.0402. The second-order valence-electron chi connectivity index (χ2n) is 5.38. The van der Waals surface area contributed by atoms with Gasteiger partial charge in [-0.2, -0.15) is 5.26 Å². The Bertz CT molecular complexity index is 730. The van der Waals surface area contributed by atoms with Crippen LogP contribution in [0.3, 0.4) is 0 Å². The van der Waals surface area contributed by atoms with Crippen molar-refractivity contribution in [2.24, 2.45) is 0 Å². The topological polar surface area (TPSA) is 78.9 Å². The van der Waals surface area contributed by atoms with Crippen molar-refractivity contribution in [1.82, 2.24) is 10.3 Å². The predicted molar refractivity (Wildman–Crippen MR) is 87.8 cm³/mol. The van der Waals surface area contributed by atoms with E-state index in [1.807, 2.05) is 6.07 Å². The molecule has 0 bridgehead atoms. The fraction of sp³-hybridized carbons (Fsp3) is 0.353. The number of nitrogens with zero attached hydrogens (tertiary/aromatic N) is 2. The molecule has 0 saturated heterocycles. The van der Waals surface area contributed by atoms with Crippen LogP contribution < -0.4 is 5.32 Å². The average molecular weight is 327 g/mol. The number of aromatic nitrogens is 1. The van der Waals surface area contributed by atoms with E-state index in [1.165, 1.54) is 35.8 Å². The standard InChI is InChI=1S/C17H17N3O2S/c18-11-12(10-13-4-3-9-22-13)17(21)19-8-7-16-20-14-5-1-2-6-15(14)23-16/h3-4,9-10H,1-2,5-8H2,(H,19,21)/b12-10+. The van der Waals surface area contributed by atoms with Gasteiger partial charge in [0.25, 0.3) is 5.91 Å².